The number of anilines is 1. The average molecular weight is 223 g/mol. The molecule has 1 rings (SSSR count). The second-order valence-electron chi connectivity index (χ2n) is 3.31. The minimum atomic E-state index is 0.272. The minimum Gasteiger partial charge on any atom is -0.378 e. The highest BCUT2D eigenvalue weighted by atomic mass is 16.1. The molecule has 1 N–H and O–H groups in total. The number of hydrogen-bond acceptors (Lipinski definition) is 5. The van der Waals surface area contributed by atoms with Crippen LogP contribution < -0.4 is 10.2 Å². The van der Waals surface area contributed by atoms with Gasteiger partial charge in [0.05, 0.1) is 0 Å². The summed E-state index contributed by atoms with van der Waals surface area (Å²) in [5.74, 6) is 0. The summed E-state index contributed by atoms with van der Waals surface area (Å²) in [6, 6.07) is 3.25. The molecule has 0 bridgehead atoms. The van der Waals surface area contributed by atoms with Gasteiger partial charge in [-0.2, -0.15) is 0 Å². The number of aldehydes is 2. The summed E-state index contributed by atoms with van der Waals surface area (Å²) in [6.07, 6.45) is 1.25. The van der Waals surface area contributed by atoms with Crippen molar-refractivity contribution >= 4 is 18.3 Å². The van der Waals surface area contributed by atoms with Crippen molar-refractivity contribution in [3.63, 3.8) is 0 Å². The molecule has 0 saturated carbocycles. The molecule has 0 aliphatic carbocycles. The molecule has 1 aromatic rings. The summed E-state index contributed by atoms with van der Waals surface area (Å²) in [4.78, 5) is 26.5. The van der Waals surface area contributed by atoms with Gasteiger partial charge in [-0.15, -0.1) is 0 Å². The molecule has 16 heavy (non-hydrogen) atoms. The smallest absolute Gasteiger partial charge is 0.168 e. The van der Waals surface area contributed by atoms with Crippen molar-refractivity contribution in [3.05, 3.63) is 23.5 Å². The number of carbonyl (C=O) groups excluding carboxylic acids is 2. The highest BCUT2D eigenvalue weighted by Crippen LogP contribution is 2.12. The zero-order valence-electron chi connectivity index (χ0n) is 10.0. The van der Waals surface area contributed by atoms with Crippen LogP contribution >= 0.6 is 0 Å². The fourth-order valence-electron chi connectivity index (χ4n) is 0.937. The Morgan fingerprint density at radius 3 is 1.75 bits per heavy atom. The first-order chi connectivity index (χ1) is 7.58. The van der Waals surface area contributed by atoms with Gasteiger partial charge in [-0.1, -0.05) is 0 Å². The van der Waals surface area contributed by atoms with Gasteiger partial charge in [-0.05, 0) is 26.2 Å². The highest BCUT2D eigenvalue weighted by molar-refractivity contribution is 5.80. The van der Waals surface area contributed by atoms with Gasteiger partial charge in [0.1, 0.15) is 11.4 Å². The molecule has 0 atom stereocenters. The van der Waals surface area contributed by atoms with Crippen LogP contribution in [0, 0.1) is 0 Å². The van der Waals surface area contributed by atoms with Crippen LogP contribution in [0.2, 0.25) is 0 Å². The third-order valence-electron chi connectivity index (χ3n) is 1.61. The van der Waals surface area contributed by atoms with Crippen LogP contribution in [0.15, 0.2) is 12.1 Å². The number of hydrogen-bond donors (Lipinski definition) is 1. The number of aromatic nitrogens is 1. The van der Waals surface area contributed by atoms with E-state index >= 15 is 0 Å². The Morgan fingerprint density at radius 2 is 1.50 bits per heavy atom. The van der Waals surface area contributed by atoms with Gasteiger partial charge in [0.15, 0.2) is 12.6 Å². The van der Waals surface area contributed by atoms with E-state index in [9.17, 15) is 9.59 Å². The van der Waals surface area contributed by atoms with Gasteiger partial charge in [-0.25, -0.2) is 4.98 Å². The van der Waals surface area contributed by atoms with Gasteiger partial charge in [0.25, 0.3) is 0 Å². The normalized spacial score (nSPS) is 8.75. The molecule has 0 fully saturated rings. The van der Waals surface area contributed by atoms with E-state index in [4.69, 9.17) is 0 Å². The molecular weight excluding hydrogens is 206 g/mol. The first kappa shape index (κ1) is 14.2. The first-order valence-corrected chi connectivity index (χ1v) is 4.77. The monoisotopic (exact) mass is 223 g/mol. The van der Waals surface area contributed by atoms with E-state index in [1.54, 1.807) is 12.1 Å². The van der Waals surface area contributed by atoms with Crippen LogP contribution in [0.25, 0.3) is 0 Å². The summed E-state index contributed by atoms with van der Waals surface area (Å²) in [5, 5.41) is 2.75. The van der Waals surface area contributed by atoms with Crippen LogP contribution in [0.4, 0.5) is 5.69 Å². The standard InChI is InChI=1S/C9H10N2O2.C2H7N/c1-11(2)9-3-7(5-12)10-8(4-9)6-13;1-3-2/h3-6H,1-2H3;3H,1-2H3. The van der Waals surface area contributed by atoms with E-state index in [0.29, 0.717) is 12.6 Å². The molecule has 5 nitrogen and oxygen atoms in total. The van der Waals surface area contributed by atoms with E-state index in [1.807, 2.05) is 33.1 Å². The summed E-state index contributed by atoms with van der Waals surface area (Å²) in [5.41, 5.74) is 1.33. The Balaban J connectivity index is 0.000000673. The van der Waals surface area contributed by atoms with Gasteiger partial charge < -0.3 is 10.2 Å². The Bertz CT molecular complexity index is 325. The second-order valence-corrected chi connectivity index (χ2v) is 3.31. The maximum atomic E-state index is 10.5. The Labute approximate surface area is 95.5 Å². The lowest BCUT2D eigenvalue weighted by atomic mass is 10.2. The van der Waals surface area contributed by atoms with Crippen LogP contribution in [-0.4, -0.2) is 45.7 Å². The third kappa shape index (κ3) is 4.65. The van der Waals surface area contributed by atoms with E-state index in [-0.39, 0.29) is 11.4 Å². The van der Waals surface area contributed by atoms with Crippen molar-refractivity contribution in [1.29, 1.82) is 0 Å². The lowest BCUT2D eigenvalue weighted by Gasteiger charge is -2.12. The molecule has 0 amide bonds. The second kappa shape index (κ2) is 7.53. The summed E-state index contributed by atoms with van der Waals surface area (Å²) in [7, 11) is 7.41. The SMILES string of the molecule is CN(C)c1cc(C=O)nc(C=O)c1.CNC. The van der Waals surface area contributed by atoms with Crippen molar-refractivity contribution in [2.24, 2.45) is 0 Å². The maximum Gasteiger partial charge on any atom is 0.168 e. The zero-order valence-corrected chi connectivity index (χ0v) is 10.0. The Kier molecular flexibility index (Phi) is 6.71. The Morgan fingerprint density at radius 1 is 1.12 bits per heavy atom. The molecule has 5 heteroatoms. The van der Waals surface area contributed by atoms with E-state index in [0.717, 1.165) is 5.69 Å². The zero-order chi connectivity index (χ0) is 12.6. The molecule has 0 spiro atoms. The summed E-state index contributed by atoms with van der Waals surface area (Å²) >= 11 is 0. The molecule has 0 radical (unpaired) electrons. The summed E-state index contributed by atoms with van der Waals surface area (Å²) < 4.78 is 0. The summed E-state index contributed by atoms with van der Waals surface area (Å²) in [6.45, 7) is 0. The van der Waals surface area contributed by atoms with Crippen molar-refractivity contribution in [1.82, 2.24) is 10.3 Å². The van der Waals surface area contributed by atoms with Crippen LogP contribution in [0.5, 0.6) is 0 Å². The average Bonchev–Trinajstić information content (AvgIpc) is 2.29. The van der Waals surface area contributed by atoms with Gasteiger partial charge >= 0.3 is 0 Å². The predicted octanol–water partition coefficient (Wildman–Crippen LogP) is 0.608. The molecule has 0 saturated heterocycles. The largest absolute Gasteiger partial charge is 0.378 e. The molecule has 0 unspecified atom stereocenters. The fourth-order valence-corrected chi connectivity index (χ4v) is 0.937. The fraction of sp³-hybridized carbons (Fsp3) is 0.364. The Hall–Kier alpha value is -1.75. The topological polar surface area (TPSA) is 62.3 Å². The number of nitrogens with one attached hydrogen (secondary N) is 1. The lowest BCUT2D eigenvalue weighted by Crippen LogP contribution is -2.10. The highest BCUT2D eigenvalue weighted by Gasteiger charge is 2.02. The van der Waals surface area contributed by atoms with Gasteiger partial charge in [0, 0.05) is 19.8 Å². The predicted molar refractivity (Wildman–Crippen MR) is 64.3 cm³/mol. The number of pyridine rings is 1. The molecule has 1 heterocycles. The van der Waals surface area contributed by atoms with Crippen molar-refractivity contribution < 1.29 is 9.59 Å². The van der Waals surface area contributed by atoms with E-state index < -0.39 is 0 Å². The first-order valence-electron chi connectivity index (χ1n) is 4.77. The van der Waals surface area contributed by atoms with Crippen molar-refractivity contribution in [2.45, 2.75) is 0 Å². The van der Waals surface area contributed by atoms with E-state index in [2.05, 4.69) is 10.3 Å². The van der Waals surface area contributed by atoms with Crippen LogP contribution in [0.1, 0.15) is 21.0 Å². The minimum absolute atomic E-state index is 0.272. The number of nitrogens with zero attached hydrogens (tertiary/aromatic N) is 2. The van der Waals surface area contributed by atoms with Crippen molar-refractivity contribution in [3.8, 4) is 0 Å². The number of rotatable bonds is 3. The lowest BCUT2D eigenvalue weighted by molar-refractivity contribution is 0.111. The van der Waals surface area contributed by atoms with Crippen molar-refractivity contribution in [2.75, 3.05) is 33.1 Å². The molecule has 88 valence electrons. The van der Waals surface area contributed by atoms with Gasteiger partial charge in [-0.3, -0.25) is 9.59 Å². The number of carbonyl (C=O) groups is 2. The van der Waals surface area contributed by atoms with Crippen LogP contribution in [0.3, 0.4) is 0 Å². The molecule has 0 aromatic carbocycles. The molecule has 0 aliphatic heterocycles. The maximum absolute atomic E-state index is 10.5. The van der Waals surface area contributed by atoms with Gasteiger partial charge in [0.2, 0.25) is 0 Å². The quantitative estimate of drug-likeness (QED) is 0.761. The molecule has 0 aliphatic rings. The molecule has 1 aromatic heterocycles. The third-order valence-corrected chi connectivity index (χ3v) is 1.61. The molecular formula is C11H17N3O2. The van der Waals surface area contributed by atoms with Crippen LogP contribution in [-0.2, 0) is 0 Å². The van der Waals surface area contributed by atoms with E-state index in [1.165, 1.54) is 0 Å².